The molecule has 1 heterocycles. The molecule has 1 N–H and O–H groups in total. The topological polar surface area (TPSA) is 55.0 Å². The zero-order valence-electron chi connectivity index (χ0n) is 13.3. The van der Waals surface area contributed by atoms with E-state index in [0.29, 0.717) is 17.1 Å². The van der Waals surface area contributed by atoms with Crippen LogP contribution in [0.1, 0.15) is 16.1 Å². The zero-order chi connectivity index (χ0) is 17.8. The number of methoxy groups -OCH3 is 1. The van der Waals surface area contributed by atoms with Gasteiger partial charge in [0.25, 0.3) is 0 Å². The number of ether oxygens (including phenoxy) is 1. The molecule has 3 rings (SSSR count). The lowest BCUT2D eigenvalue weighted by atomic mass is 10.1. The lowest BCUT2D eigenvalue weighted by Crippen LogP contribution is -1.99. The van der Waals surface area contributed by atoms with Gasteiger partial charge in [0.15, 0.2) is 5.78 Å². The molecule has 4 nitrogen and oxygen atoms in total. The predicted molar refractivity (Wildman–Crippen MR) is 90.3 cm³/mol. The molecule has 3 aromatic rings. The molecular formula is C19H14F2N2O2. The molecule has 1 aromatic heterocycles. The summed E-state index contributed by atoms with van der Waals surface area (Å²) in [5.74, 6) is -1.11. The van der Waals surface area contributed by atoms with Gasteiger partial charge in [0.05, 0.1) is 24.1 Å². The third kappa shape index (κ3) is 3.80. The fourth-order valence-corrected chi connectivity index (χ4v) is 2.27. The maximum atomic E-state index is 13.9. The van der Waals surface area contributed by atoms with Gasteiger partial charge < -0.3 is 4.74 Å². The summed E-state index contributed by atoms with van der Waals surface area (Å²) in [6.45, 7) is 0. The summed E-state index contributed by atoms with van der Waals surface area (Å²) >= 11 is 0. The van der Waals surface area contributed by atoms with Crippen molar-refractivity contribution in [2.24, 2.45) is 0 Å². The van der Waals surface area contributed by atoms with Crippen LogP contribution in [0.25, 0.3) is 17.3 Å². The van der Waals surface area contributed by atoms with Crippen molar-refractivity contribution in [3.05, 3.63) is 77.5 Å². The van der Waals surface area contributed by atoms with Crippen molar-refractivity contribution in [1.29, 1.82) is 0 Å². The van der Waals surface area contributed by atoms with Crippen LogP contribution < -0.4 is 4.74 Å². The van der Waals surface area contributed by atoms with Crippen molar-refractivity contribution >= 4 is 11.9 Å². The van der Waals surface area contributed by atoms with Crippen LogP contribution in [0.15, 0.2) is 54.6 Å². The number of H-pyrrole nitrogens is 1. The summed E-state index contributed by atoms with van der Waals surface area (Å²) in [7, 11) is 1.42. The summed E-state index contributed by atoms with van der Waals surface area (Å²) < 4.78 is 31.7. The molecule has 0 bridgehead atoms. The van der Waals surface area contributed by atoms with Gasteiger partial charge in [-0.05, 0) is 54.6 Å². The molecule has 0 spiro atoms. The van der Waals surface area contributed by atoms with Crippen LogP contribution in [0, 0.1) is 11.6 Å². The van der Waals surface area contributed by atoms with Crippen LogP contribution >= 0.6 is 0 Å². The Kier molecular flexibility index (Phi) is 4.70. The Morgan fingerprint density at radius 2 is 1.88 bits per heavy atom. The number of nitrogens with zero attached hydrogens (tertiary/aromatic N) is 1. The Morgan fingerprint density at radius 1 is 1.12 bits per heavy atom. The van der Waals surface area contributed by atoms with E-state index in [1.54, 1.807) is 18.2 Å². The monoisotopic (exact) mass is 340 g/mol. The van der Waals surface area contributed by atoms with Gasteiger partial charge >= 0.3 is 0 Å². The van der Waals surface area contributed by atoms with E-state index < -0.39 is 11.6 Å². The highest BCUT2D eigenvalue weighted by molar-refractivity contribution is 6.07. The van der Waals surface area contributed by atoms with Gasteiger partial charge in [-0.2, -0.15) is 5.10 Å². The number of carbonyl (C=O) groups excluding carboxylic acids is 1. The minimum Gasteiger partial charge on any atom is -0.497 e. The number of nitrogens with one attached hydrogen (secondary N) is 1. The fraction of sp³-hybridized carbons (Fsp3) is 0.0526. The average Bonchev–Trinajstić information content (AvgIpc) is 3.09. The van der Waals surface area contributed by atoms with Gasteiger partial charge in [0.2, 0.25) is 0 Å². The number of allylic oxidation sites excluding steroid dienone is 1. The van der Waals surface area contributed by atoms with E-state index in [1.165, 1.54) is 43.5 Å². The zero-order valence-corrected chi connectivity index (χ0v) is 13.3. The molecule has 0 aliphatic rings. The molecule has 0 unspecified atom stereocenters. The van der Waals surface area contributed by atoms with E-state index in [0.717, 1.165) is 11.6 Å². The van der Waals surface area contributed by atoms with Crippen LogP contribution in [-0.4, -0.2) is 23.1 Å². The summed E-state index contributed by atoms with van der Waals surface area (Å²) in [5.41, 5.74) is 1.88. The van der Waals surface area contributed by atoms with Gasteiger partial charge in [-0.25, -0.2) is 8.78 Å². The number of benzene rings is 2. The lowest BCUT2D eigenvalue weighted by molar-refractivity contribution is 0.104. The molecule has 2 aromatic carbocycles. The molecule has 126 valence electrons. The Bertz CT molecular complexity index is 931. The fourth-order valence-electron chi connectivity index (χ4n) is 2.27. The van der Waals surface area contributed by atoms with Crippen LogP contribution in [0.2, 0.25) is 0 Å². The number of hydrogen-bond acceptors (Lipinski definition) is 3. The Labute approximate surface area is 142 Å². The van der Waals surface area contributed by atoms with Crippen LogP contribution in [-0.2, 0) is 0 Å². The number of ketones is 1. The molecule has 0 aliphatic heterocycles. The number of aromatic amines is 1. The van der Waals surface area contributed by atoms with Gasteiger partial charge in [-0.1, -0.05) is 0 Å². The second-order valence-corrected chi connectivity index (χ2v) is 5.26. The Hall–Kier alpha value is -3.28. The van der Waals surface area contributed by atoms with Crippen LogP contribution in [0.3, 0.4) is 0 Å². The number of carbonyl (C=O) groups is 1. The SMILES string of the molecule is COc1ccc(C(=O)/C=C/c2cc(-c3ccc(F)cc3)n[nH]2)c(F)c1. The number of hydrogen-bond donors (Lipinski definition) is 1. The second-order valence-electron chi connectivity index (χ2n) is 5.26. The first-order valence-electron chi connectivity index (χ1n) is 7.44. The summed E-state index contributed by atoms with van der Waals surface area (Å²) in [6, 6.07) is 11.7. The Balaban J connectivity index is 1.76. The minimum absolute atomic E-state index is 0.0460. The summed E-state index contributed by atoms with van der Waals surface area (Å²) in [4.78, 5) is 12.1. The minimum atomic E-state index is -0.648. The molecule has 0 fully saturated rings. The van der Waals surface area contributed by atoms with Crippen molar-refractivity contribution in [2.45, 2.75) is 0 Å². The third-order valence-electron chi connectivity index (χ3n) is 3.59. The molecular weight excluding hydrogens is 326 g/mol. The second kappa shape index (κ2) is 7.09. The first-order valence-corrected chi connectivity index (χ1v) is 7.44. The van der Waals surface area contributed by atoms with Crippen molar-refractivity contribution in [2.75, 3.05) is 7.11 Å². The summed E-state index contributed by atoms with van der Waals surface area (Å²) in [6.07, 6.45) is 2.76. The van der Waals surface area contributed by atoms with Gasteiger partial charge in [-0.15, -0.1) is 0 Å². The smallest absolute Gasteiger partial charge is 0.188 e. The van der Waals surface area contributed by atoms with Crippen molar-refractivity contribution in [3.8, 4) is 17.0 Å². The van der Waals surface area contributed by atoms with E-state index in [2.05, 4.69) is 10.2 Å². The van der Waals surface area contributed by atoms with Crippen LogP contribution in [0.5, 0.6) is 5.75 Å². The normalized spacial score (nSPS) is 11.0. The van der Waals surface area contributed by atoms with E-state index in [9.17, 15) is 13.6 Å². The molecule has 25 heavy (non-hydrogen) atoms. The van der Waals surface area contributed by atoms with E-state index in [1.807, 2.05) is 0 Å². The highest BCUT2D eigenvalue weighted by atomic mass is 19.1. The van der Waals surface area contributed by atoms with Gasteiger partial charge in [0.1, 0.15) is 17.4 Å². The molecule has 0 aliphatic carbocycles. The average molecular weight is 340 g/mol. The highest BCUT2D eigenvalue weighted by Crippen LogP contribution is 2.20. The quantitative estimate of drug-likeness (QED) is 0.558. The molecule has 6 heteroatoms. The van der Waals surface area contributed by atoms with Crippen molar-refractivity contribution < 1.29 is 18.3 Å². The predicted octanol–water partition coefficient (Wildman–Crippen LogP) is 4.26. The largest absolute Gasteiger partial charge is 0.497 e. The Morgan fingerprint density at radius 3 is 2.56 bits per heavy atom. The lowest BCUT2D eigenvalue weighted by Gasteiger charge is -2.02. The highest BCUT2D eigenvalue weighted by Gasteiger charge is 2.10. The first kappa shape index (κ1) is 16.6. The van der Waals surface area contributed by atoms with E-state index in [-0.39, 0.29) is 11.4 Å². The molecule has 0 atom stereocenters. The molecule has 0 amide bonds. The third-order valence-corrected chi connectivity index (χ3v) is 3.59. The van der Waals surface area contributed by atoms with Gasteiger partial charge in [-0.3, -0.25) is 9.89 Å². The van der Waals surface area contributed by atoms with Crippen molar-refractivity contribution in [3.63, 3.8) is 0 Å². The number of aromatic nitrogens is 2. The molecule has 0 saturated heterocycles. The summed E-state index contributed by atoms with van der Waals surface area (Å²) in [5, 5.41) is 6.87. The van der Waals surface area contributed by atoms with E-state index in [4.69, 9.17) is 4.74 Å². The molecule has 0 radical (unpaired) electrons. The number of rotatable bonds is 5. The van der Waals surface area contributed by atoms with Crippen molar-refractivity contribution in [1.82, 2.24) is 10.2 Å². The molecule has 0 saturated carbocycles. The van der Waals surface area contributed by atoms with Crippen LogP contribution in [0.4, 0.5) is 8.78 Å². The standard InChI is InChI=1S/C19H14F2N2O2/c1-25-15-7-8-16(17(21)11-15)19(24)9-6-14-10-18(23-22-14)12-2-4-13(20)5-3-12/h2-11H,1H3,(H,22,23)/b9-6+. The first-order chi connectivity index (χ1) is 12.1. The van der Waals surface area contributed by atoms with E-state index >= 15 is 0 Å². The van der Waals surface area contributed by atoms with Gasteiger partial charge in [0, 0.05) is 11.6 Å². The maximum Gasteiger partial charge on any atom is 0.188 e. The maximum absolute atomic E-state index is 13.9. The number of halogens is 2.